The third-order valence-corrected chi connectivity index (χ3v) is 3.31. The first-order valence-corrected chi connectivity index (χ1v) is 6.37. The van der Waals surface area contributed by atoms with Crippen LogP contribution in [0.1, 0.15) is 24.8 Å². The van der Waals surface area contributed by atoms with Crippen LogP contribution < -0.4 is 0 Å². The van der Waals surface area contributed by atoms with Crippen molar-refractivity contribution >= 4 is 5.57 Å². The number of hydrogen-bond donors (Lipinski definition) is 0. The maximum atomic E-state index is 3.46. The first kappa shape index (κ1) is 10.4. The monoisotopic (exact) mass is 220 g/mol. The predicted molar refractivity (Wildman–Crippen MR) is 72.2 cm³/mol. The van der Waals surface area contributed by atoms with E-state index in [1.165, 1.54) is 24.0 Å². The van der Waals surface area contributed by atoms with Gasteiger partial charge in [-0.25, -0.2) is 0 Å². The van der Waals surface area contributed by atoms with E-state index < -0.39 is 0 Å². The second kappa shape index (κ2) is 4.63. The van der Waals surface area contributed by atoms with Gasteiger partial charge in [-0.3, -0.25) is 0 Å². The van der Waals surface area contributed by atoms with Crippen LogP contribution in [0.3, 0.4) is 0 Å². The molecule has 1 aromatic rings. The Labute approximate surface area is 103 Å². The highest BCUT2D eigenvalue weighted by molar-refractivity contribution is 5.72. The van der Waals surface area contributed by atoms with Crippen LogP contribution >= 0.6 is 0 Å². The molecule has 0 saturated heterocycles. The highest BCUT2D eigenvalue weighted by Gasteiger charge is 2.19. The van der Waals surface area contributed by atoms with Crippen LogP contribution in [0.5, 0.6) is 0 Å². The Morgan fingerprint density at radius 1 is 1.00 bits per heavy atom. The topological polar surface area (TPSA) is 0 Å². The molecule has 0 heterocycles. The van der Waals surface area contributed by atoms with Gasteiger partial charge >= 0.3 is 0 Å². The van der Waals surface area contributed by atoms with Crippen molar-refractivity contribution in [3.05, 3.63) is 54.1 Å². The van der Waals surface area contributed by atoms with Gasteiger partial charge < -0.3 is 0 Å². The van der Waals surface area contributed by atoms with Gasteiger partial charge in [0.15, 0.2) is 0 Å². The largest absolute Gasteiger partial charge is 0.0992 e. The lowest BCUT2D eigenvalue weighted by Gasteiger charge is -2.16. The van der Waals surface area contributed by atoms with Crippen LogP contribution in [0.2, 0.25) is 0 Å². The van der Waals surface area contributed by atoms with Crippen LogP contribution in [-0.4, -0.2) is 0 Å². The molecule has 84 valence electrons. The lowest BCUT2D eigenvalue weighted by Crippen LogP contribution is -2.02. The fourth-order valence-corrected chi connectivity index (χ4v) is 2.14. The molecule has 0 heteroatoms. The van der Waals surface area contributed by atoms with E-state index in [4.69, 9.17) is 0 Å². The summed E-state index contributed by atoms with van der Waals surface area (Å²) in [6, 6.07) is 10.6. The third kappa shape index (κ3) is 2.50. The zero-order chi connectivity index (χ0) is 11.5. The summed E-state index contributed by atoms with van der Waals surface area (Å²) in [5.41, 5.74) is 2.69. The molecule has 1 atom stereocenters. The number of hydrogen-bond acceptors (Lipinski definition) is 0. The summed E-state index contributed by atoms with van der Waals surface area (Å²) in [5, 5.41) is 0. The molecular formula is C17H16. The van der Waals surface area contributed by atoms with Gasteiger partial charge in [-0.15, -0.1) is 0 Å². The second-order valence-electron chi connectivity index (χ2n) is 4.77. The summed E-state index contributed by atoms with van der Waals surface area (Å²) in [4.78, 5) is 0. The molecule has 0 amide bonds. The van der Waals surface area contributed by atoms with E-state index in [2.05, 4.69) is 60.4 Å². The van der Waals surface area contributed by atoms with E-state index in [0.29, 0.717) is 11.8 Å². The molecule has 1 unspecified atom stereocenters. The van der Waals surface area contributed by atoms with E-state index in [-0.39, 0.29) is 0 Å². The lowest BCUT2D eigenvalue weighted by molar-refractivity contribution is 0.871. The van der Waals surface area contributed by atoms with Crippen LogP contribution in [-0.2, 0) is 0 Å². The smallest absolute Gasteiger partial charge is 0.0492 e. The van der Waals surface area contributed by atoms with Gasteiger partial charge in [-0.1, -0.05) is 60.4 Å². The van der Waals surface area contributed by atoms with E-state index in [1.54, 1.807) is 0 Å². The van der Waals surface area contributed by atoms with Crippen LogP contribution in [0.4, 0.5) is 0 Å². The van der Waals surface area contributed by atoms with Crippen LogP contribution in [0.25, 0.3) is 5.57 Å². The maximum Gasteiger partial charge on any atom is 0.0492 e. The normalized spacial score (nSPS) is 22.6. The highest BCUT2D eigenvalue weighted by Crippen LogP contribution is 2.31. The molecule has 0 radical (unpaired) electrons. The summed E-state index contributed by atoms with van der Waals surface area (Å²) >= 11 is 0. The van der Waals surface area contributed by atoms with Crippen molar-refractivity contribution in [2.45, 2.75) is 19.3 Å². The van der Waals surface area contributed by atoms with Crippen molar-refractivity contribution in [2.75, 3.05) is 0 Å². The number of allylic oxidation sites excluding steroid dienone is 4. The van der Waals surface area contributed by atoms with E-state index in [1.807, 2.05) is 0 Å². The Morgan fingerprint density at radius 2 is 1.82 bits per heavy atom. The summed E-state index contributed by atoms with van der Waals surface area (Å²) in [6.07, 6.45) is 10.3. The molecule has 0 aliphatic heterocycles. The van der Waals surface area contributed by atoms with Crippen molar-refractivity contribution in [2.24, 2.45) is 11.8 Å². The summed E-state index contributed by atoms with van der Waals surface area (Å²) < 4.78 is 0. The SMILES string of the molecule is C(#CC1CC=CC=C1c1ccccc1)C1CC1. The number of rotatable bonds is 1. The molecule has 1 fully saturated rings. The Hall–Kier alpha value is -1.74. The Bertz CT molecular complexity index is 504. The average molecular weight is 220 g/mol. The van der Waals surface area contributed by atoms with Gasteiger partial charge in [0.05, 0.1) is 0 Å². The van der Waals surface area contributed by atoms with Gasteiger partial charge in [0.25, 0.3) is 0 Å². The molecule has 0 bridgehead atoms. The molecule has 2 aliphatic rings. The molecule has 1 aromatic carbocycles. The Kier molecular flexibility index (Phi) is 2.84. The zero-order valence-electron chi connectivity index (χ0n) is 9.89. The van der Waals surface area contributed by atoms with Gasteiger partial charge in [0.1, 0.15) is 0 Å². The van der Waals surface area contributed by atoms with E-state index in [9.17, 15) is 0 Å². The van der Waals surface area contributed by atoms with Crippen molar-refractivity contribution in [3.8, 4) is 11.8 Å². The molecular weight excluding hydrogens is 204 g/mol. The molecule has 3 rings (SSSR count). The molecule has 0 spiro atoms. The van der Waals surface area contributed by atoms with Crippen molar-refractivity contribution in [1.29, 1.82) is 0 Å². The Morgan fingerprint density at radius 3 is 2.59 bits per heavy atom. The van der Waals surface area contributed by atoms with Gasteiger partial charge in [0, 0.05) is 11.8 Å². The van der Waals surface area contributed by atoms with Crippen molar-refractivity contribution < 1.29 is 0 Å². The first-order chi connectivity index (χ1) is 8.43. The number of benzene rings is 1. The zero-order valence-corrected chi connectivity index (χ0v) is 9.89. The van der Waals surface area contributed by atoms with Crippen LogP contribution in [0, 0.1) is 23.7 Å². The fourth-order valence-electron chi connectivity index (χ4n) is 2.14. The second-order valence-corrected chi connectivity index (χ2v) is 4.77. The Balaban J connectivity index is 1.87. The van der Waals surface area contributed by atoms with Gasteiger partial charge in [-0.05, 0) is 30.4 Å². The standard InChI is InChI=1S/C17H16/c1-2-6-15(7-3-1)17-9-5-4-8-16(17)13-12-14-10-11-14/h1-7,9,14,16H,8,10-11H2. The quantitative estimate of drug-likeness (QED) is 0.626. The molecule has 2 aliphatic carbocycles. The van der Waals surface area contributed by atoms with Gasteiger partial charge in [0.2, 0.25) is 0 Å². The summed E-state index contributed by atoms with van der Waals surface area (Å²) in [6.45, 7) is 0. The van der Waals surface area contributed by atoms with E-state index in [0.717, 1.165) is 6.42 Å². The summed E-state index contributed by atoms with van der Waals surface area (Å²) in [5.74, 6) is 7.95. The minimum Gasteiger partial charge on any atom is -0.0992 e. The fraction of sp³-hybridized carbons (Fsp3) is 0.294. The molecule has 0 nitrogen and oxygen atoms in total. The minimum absolute atomic E-state index is 0.392. The third-order valence-electron chi connectivity index (χ3n) is 3.31. The predicted octanol–water partition coefficient (Wildman–Crippen LogP) is 4.06. The van der Waals surface area contributed by atoms with E-state index >= 15 is 0 Å². The molecule has 17 heavy (non-hydrogen) atoms. The molecule has 1 saturated carbocycles. The first-order valence-electron chi connectivity index (χ1n) is 6.37. The lowest BCUT2D eigenvalue weighted by atomic mass is 9.87. The summed E-state index contributed by atoms with van der Waals surface area (Å²) in [7, 11) is 0. The van der Waals surface area contributed by atoms with Crippen molar-refractivity contribution in [3.63, 3.8) is 0 Å². The van der Waals surface area contributed by atoms with Gasteiger partial charge in [-0.2, -0.15) is 0 Å². The minimum atomic E-state index is 0.392. The highest BCUT2D eigenvalue weighted by atomic mass is 14.2. The molecule has 0 aromatic heterocycles. The van der Waals surface area contributed by atoms with Crippen LogP contribution in [0.15, 0.2) is 48.6 Å². The maximum absolute atomic E-state index is 3.46. The average Bonchev–Trinajstić information content (AvgIpc) is 3.22. The molecule has 0 N–H and O–H groups in total. The van der Waals surface area contributed by atoms with Crippen molar-refractivity contribution in [1.82, 2.24) is 0 Å².